The highest BCUT2D eigenvalue weighted by Crippen LogP contribution is 2.41. The lowest BCUT2D eigenvalue weighted by molar-refractivity contribution is 0.274. The van der Waals surface area contributed by atoms with Gasteiger partial charge in [-0.25, -0.2) is 0 Å². The van der Waals surface area contributed by atoms with Crippen LogP contribution in [0.2, 0.25) is 10.0 Å². The number of benzene rings is 2. The van der Waals surface area contributed by atoms with E-state index in [0.29, 0.717) is 16.7 Å². The van der Waals surface area contributed by atoms with Crippen molar-refractivity contribution in [2.24, 2.45) is 0 Å². The van der Waals surface area contributed by atoms with Crippen molar-refractivity contribution in [3.8, 4) is 5.75 Å². The Balaban J connectivity index is 1.87. The molecule has 0 saturated carbocycles. The van der Waals surface area contributed by atoms with Crippen LogP contribution in [-0.4, -0.2) is 12.9 Å². The molecule has 1 aliphatic rings. The van der Waals surface area contributed by atoms with Crippen molar-refractivity contribution in [3.63, 3.8) is 0 Å². The smallest absolute Gasteiger partial charge is 0.143 e. The zero-order valence-corrected chi connectivity index (χ0v) is 13.9. The molecule has 0 radical (unpaired) electrons. The Labute approximate surface area is 138 Å². The molecule has 2 aromatic carbocycles. The summed E-state index contributed by atoms with van der Waals surface area (Å²) in [5.74, 6) is 0.741. The molecule has 0 amide bonds. The molecule has 1 heterocycles. The van der Waals surface area contributed by atoms with E-state index in [1.54, 1.807) is 17.8 Å². The third-order valence-electron chi connectivity index (χ3n) is 3.50. The average molecular weight is 340 g/mol. The maximum absolute atomic E-state index is 6.22. The Morgan fingerprint density at radius 3 is 2.67 bits per heavy atom. The lowest BCUT2D eigenvalue weighted by Gasteiger charge is -2.28. The number of nitrogens with one attached hydrogen (secondary N) is 1. The molecule has 3 rings (SSSR count). The quantitative estimate of drug-likeness (QED) is 0.730. The first-order valence-electron chi connectivity index (χ1n) is 6.69. The molecule has 1 unspecified atom stereocenters. The number of halogens is 2. The van der Waals surface area contributed by atoms with Gasteiger partial charge in [-0.15, -0.1) is 11.8 Å². The third-order valence-corrected chi connectivity index (χ3v) is 4.74. The Morgan fingerprint density at radius 1 is 1.19 bits per heavy atom. The van der Waals surface area contributed by atoms with Gasteiger partial charge in [0.25, 0.3) is 0 Å². The summed E-state index contributed by atoms with van der Waals surface area (Å²) in [6.07, 6.45) is 2.95. The van der Waals surface area contributed by atoms with Crippen LogP contribution in [0.25, 0.3) is 0 Å². The van der Waals surface area contributed by atoms with Gasteiger partial charge in [0.1, 0.15) is 5.75 Å². The standard InChI is InChI=1S/C16H15Cl2NOS/c1-21-12-4-2-11(3-5-12)19-15-6-7-20-16-13(15)8-10(17)9-14(16)18/h2-5,8-9,15,19H,6-7H2,1H3. The zero-order chi connectivity index (χ0) is 14.8. The second-order valence-electron chi connectivity index (χ2n) is 4.87. The summed E-state index contributed by atoms with van der Waals surface area (Å²) >= 11 is 14.1. The van der Waals surface area contributed by atoms with Crippen LogP contribution < -0.4 is 10.1 Å². The minimum absolute atomic E-state index is 0.157. The van der Waals surface area contributed by atoms with Gasteiger partial charge in [-0.3, -0.25) is 0 Å². The number of ether oxygens (including phenoxy) is 1. The first kappa shape index (κ1) is 14.9. The molecule has 0 aromatic heterocycles. The predicted molar refractivity (Wildman–Crippen MR) is 91.2 cm³/mol. The second-order valence-corrected chi connectivity index (χ2v) is 6.59. The predicted octanol–water partition coefficient (Wildman–Crippen LogP) is 5.65. The van der Waals surface area contributed by atoms with Crippen LogP contribution in [0.3, 0.4) is 0 Å². The Bertz CT molecular complexity index is 645. The number of fused-ring (bicyclic) bond motifs is 1. The van der Waals surface area contributed by atoms with Gasteiger partial charge in [-0.2, -0.15) is 0 Å². The van der Waals surface area contributed by atoms with Gasteiger partial charge in [0.05, 0.1) is 17.7 Å². The number of hydrogen-bond donors (Lipinski definition) is 1. The van der Waals surface area contributed by atoms with Crippen LogP contribution in [0.4, 0.5) is 5.69 Å². The van der Waals surface area contributed by atoms with E-state index in [1.807, 2.05) is 6.07 Å². The lowest BCUT2D eigenvalue weighted by atomic mass is 10.00. The van der Waals surface area contributed by atoms with Gasteiger partial charge in [0.15, 0.2) is 0 Å². The van der Waals surface area contributed by atoms with Crippen molar-refractivity contribution in [2.75, 3.05) is 18.2 Å². The molecule has 21 heavy (non-hydrogen) atoms. The summed E-state index contributed by atoms with van der Waals surface area (Å²) in [5.41, 5.74) is 2.11. The molecular weight excluding hydrogens is 325 g/mol. The van der Waals surface area contributed by atoms with E-state index in [1.165, 1.54) is 4.90 Å². The molecule has 0 bridgehead atoms. The lowest BCUT2D eigenvalue weighted by Crippen LogP contribution is -2.20. The highest BCUT2D eigenvalue weighted by Gasteiger charge is 2.24. The number of rotatable bonds is 3. The van der Waals surface area contributed by atoms with Gasteiger partial charge >= 0.3 is 0 Å². The molecule has 0 fully saturated rings. The van der Waals surface area contributed by atoms with E-state index >= 15 is 0 Å². The number of thioether (sulfide) groups is 1. The van der Waals surface area contributed by atoms with Gasteiger partial charge in [-0.05, 0) is 42.7 Å². The molecule has 0 spiro atoms. The van der Waals surface area contributed by atoms with E-state index < -0.39 is 0 Å². The fourth-order valence-corrected chi connectivity index (χ4v) is 3.44. The van der Waals surface area contributed by atoms with Gasteiger partial charge in [0, 0.05) is 27.6 Å². The van der Waals surface area contributed by atoms with E-state index in [4.69, 9.17) is 27.9 Å². The summed E-state index contributed by atoms with van der Waals surface area (Å²) in [6.45, 7) is 0.648. The molecule has 1 atom stereocenters. The molecule has 2 nitrogen and oxygen atoms in total. The monoisotopic (exact) mass is 339 g/mol. The molecule has 110 valence electrons. The maximum Gasteiger partial charge on any atom is 0.143 e. The molecular formula is C16H15Cl2NOS. The van der Waals surface area contributed by atoms with E-state index in [9.17, 15) is 0 Å². The normalized spacial score (nSPS) is 17.0. The van der Waals surface area contributed by atoms with E-state index in [-0.39, 0.29) is 6.04 Å². The summed E-state index contributed by atoms with van der Waals surface area (Å²) < 4.78 is 5.68. The Hall–Kier alpha value is -1.03. The largest absolute Gasteiger partial charge is 0.492 e. The van der Waals surface area contributed by atoms with E-state index in [2.05, 4.69) is 35.8 Å². The number of hydrogen-bond acceptors (Lipinski definition) is 3. The first-order chi connectivity index (χ1) is 10.2. The van der Waals surface area contributed by atoms with Gasteiger partial charge < -0.3 is 10.1 Å². The van der Waals surface area contributed by atoms with Crippen LogP contribution in [0.15, 0.2) is 41.3 Å². The van der Waals surface area contributed by atoms with Crippen molar-refractivity contribution in [3.05, 3.63) is 52.0 Å². The van der Waals surface area contributed by atoms with Gasteiger partial charge in [-0.1, -0.05) is 23.2 Å². The average Bonchev–Trinajstić information content (AvgIpc) is 2.49. The van der Waals surface area contributed by atoms with Crippen molar-refractivity contribution >= 4 is 40.7 Å². The minimum atomic E-state index is 0.157. The zero-order valence-electron chi connectivity index (χ0n) is 11.5. The minimum Gasteiger partial charge on any atom is -0.492 e. The van der Waals surface area contributed by atoms with Crippen molar-refractivity contribution in [1.82, 2.24) is 0 Å². The van der Waals surface area contributed by atoms with Crippen LogP contribution in [0, 0.1) is 0 Å². The van der Waals surface area contributed by atoms with Gasteiger partial charge in [0.2, 0.25) is 0 Å². The van der Waals surface area contributed by atoms with Crippen molar-refractivity contribution < 1.29 is 4.74 Å². The molecule has 5 heteroatoms. The third kappa shape index (κ3) is 3.25. The van der Waals surface area contributed by atoms with Crippen LogP contribution in [0.5, 0.6) is 5.75 Å². The first-order valence-corrected chi connectivity index (χ1v) is 8.68. The molecule has 0 aliphatic carbocycles. The Morgan fingerprint density at radius 2 is 1.95 bits per heavy atom. The topological polar surface area (TPSA) is 21.3 Å². The van der Waals surface area contributed by atoms with Crippen LogP contribution >= 0.6 is 35.0 Å². The van der Waals surface area contributed by atoms with Crippen LogP contribution in [-0.2, 0) is 0 Å². The Kier molecular flexibility index (Phi) is 4.53. The summed E-state index contributed by atoms with van der Waals surface area (Å²) in [4.78, 5) is 1.25. The van der Waals surface area contributed by atoms with Crippen molar-refractivity contribution in [1.29, 1.82) is 0 Å². The molecule has 1 N–H and O–H groups in total. The highest BCUT2D eigenvalue weighted by atomic mass is 35.5. The summed E-state index contributed by atoms with van der Waals surface area (Å²) in [5, 5.41) is 4.74. The summed E-state index contributed by atoms with van der Waals surface area (Å²) in [6, 6.07) is 12.2. The number of anilines is 1. The van der Waals surface area contributed by atoms with Crippen molar-refractivity contribution in [2.45, 2.75) is 17.4 Å². The highest BCUT2D eigenvalue weighted by molar-refractivity contribution is 7.98. The molecule has 2 aromatic rings. The second kappa shape index (κ2) is 6.39. The van der Waals surface area contributed by atoms with E-state index in [0.717, 1.165) is 23.4 Å². The fourth-order valence-electron chi connectivity index (χ4n) is 2.46. The SMILES string of the molecule is CSc1ccc(NC2CCOc3c(Cl)cc(Cl)cc32)cc1. The molecule has 0 saturated heterocycles. The van der Waals surface area contributed by atoms with Crippen LogP contribution in [0.1, 0.15) is 18.0 Å². The summed E-state index contributed by atoms with van der Waals surface area (Å²) in [7, 11) is 0. The maximum atomic E-state index is 6.22. The fraction of sp³-hybridized carbons (Fsp3) is 0.250. The molecule has 1 aliphatic heterocycles.